The van der Waals surface area contributed by atoms with E-state index in [0.29, 0.717) is 17.7 Å². The zero-order valence-electron chi connectivity index (χ0n) is 16.5. The number of sulfonamides is 1. The normalized spacial score (nSPS) is 19.7. The molecule has 1 amide bonds. The first-order valence-corrected chi connectivity index (χ1v) is 11.5. The fourth-order valence-corrected chi connectivity index (χ4v) is 5.97. The summed E-state index contributed by atoms with van der Waals surface area (Å²) in [5.74, 6) is -0.460. The molecule has 2 aromatic carbocycles. The van der Waals surface area contributed by atoms with Crippen molar-refractivity contribution in [3.63, 3.8) is 0 Å². The molecule has 0 unspecified atom stereocenters. The number of hydrogen-bond acceptors (Lipinski definition) is 3. The highest BCUT2D eigenvalue weighted by atomic mass is 32.2. The Morgan fingerprint density at radius 2 is 1.66 bits per heavy atom. The molecular formula is C22H25FN2O3S. The summed E-state index contributed by atoms with van der Waals surface area (Å²) in [6.45, 7) is 3.39. The molecule has 2 aliphatic rings. The van der Waals surface area contributed by atoms with Crippen molar-refractivity contribution in [1.29, 1.82) is 0 Å². The van der Waals surface area contributed by atoms with Gasteiger partial charge in [0, 0.05) is 24.7 Å². The summed E-state index contributed by atoms with van der Waals surface area (Å²) < 4.78 is 40.9. The van der Waals surface area contributed by atoms with Crippen LogP contribution in [-0.2, 0) is 16.4 Å². The van der Waals surface area contributed by atoms with Crippen molar-refractivity contribution in [3.8, 4) is 0 Å². The molecule has 1 saturated heterocycles. The van der Waals surface area contributed by atoms with Crippen LogP contribution in [-0.4, -0.2) is 38.4 Å². The van der Waals surface area contributed by atoms with Gasteiger partial charge in [0.1, 0.15) is 5.82 Å². The van der Waals surface area contributed by atoms with Gasteiger partial charge in [-0.15, -0.1) is 0 Å². The number of rotatable bonds is 3. The number of carbonyl (C=O) groups excluding carboxylic acids is 1. The third kappa shape index (κ3) is 3.75. The minimum absolute atomic E-state index is 0.0159. The van der Waals surface area contributed by atoms with Crippen LogP contribution in [0.2, 0.25) is 0 Å². The molecule has 4 rings (SSSR count). The molecule has 5 nitrogen and oxygen atoms in total. The van der Waals surface area contributed by atoms with Crippen LogP contribution >= 0.6 is 0 Å². The molecule has 154 valence electrons. The highest BCUT2D eigenvalue weighted by Gasteiger charge is 2.36. The quantitative estimate of drug-likeness (QED) is 0.760. The first-order valence-electron chi connectivity index (χ1n) is 10.1. The van der Waals surface area contributed by atoms with Crippen LogP contribution in [0.5, 0.6) is 0 Å². The van der Waals surface area contributed by atoms with Gasteiger partial charge in [-0.2, -0.15) is 0 Å². The fraction of sp³-hybridized carbons (Fsp3) is 0.409. The van der Waals surface area contributed by atoms with Gasteiger partial charge in [-0.25, -0.2) is 12.8 Å². The van der Waals surface area contributed by atoms with E-state index in [0.717, 1.165) is 56.5 Å². The van der Waals surface area contributed by atoms with Gasteiger partial charge >= 0.3 is 0 Å². The number of benzene rings is 2. The van der Waals surface area contributed by atoms with Crippen LogP contribution in [0.15, 0.2) is 47.4 Å². The van der Waals surface area contributed by atoms with Crippen molar-refractivity contribution >= 4 is 21.6 Å². The Morgan fingerprint density at radius 3 is 2.31 bits per heavy atom. The van der Waals surface area contributed by atoms with Crippen LogP contribution in [0, 0.1) is 5.82 Å². The summed E-state index contributed by atoms with van der Waals surface area (Å²) in [5, 5.41) is 0. The third-order valence-electron chi connectivity index (χ3n) is 5.74. The lowest BCUT2D eigenvalue weighted by atomic mass is 10.1. The SMILES string of the molecule is C[C@@H]1Cc2cc(C(=O)N3CCCCCC3)ccc2N1S(=O)(=O)c1ccc(F)cc1. The lowest BCUT2D eigenvalue weighted by Gasteiger charge is -2.25. The van der Waals surface area contributed by atoms with Gasteiger partial charge < -0.3 is 4.90 Å². The summed E-state index contributed by atoms with van der Waals surface area (Å²) >= 11 is 0. The second kappa shape index (κ2) is 7.78. The van der Waals surface area contributed by atoms with Crippen molar-refractivity contribution in [3.05, 3.63) is 59.4 Å². The molecule has 2 aliphatic heterocycles. The van der Waals surface area contributed by atoms with Crippen molar-refractivity contribution in [1.82, 2.24) is 4.90 Å². The maximum atomic E-state index is 13.2. The molecule has 7 heteroatoms. The zero-order valence-corrected chi connectivity index (χ0v) is 17.3. The molecule has 0 aliphatic carbocycles. The largest absolute Gasteiger partial charge is 0.339 e. The topological polar surface area (TPSA) is 57.7 Å². The van der Waals surface area contributed by atoms with Gasteiger partial charge in [0.05, 0.1) is 10.6 Å². The first kappa shape index (κ1) is 19.9. The smallest absolute Gasteiger partial charge is 0.264 e. The van der Waals surface area contributed by atoms with Crippen molar-refractivity contribution in [2.45, 2.75) is 50.0 Å². The van der Waals surface area contributed by atoms with Gasteiger partial charge in [-0.3, -0.25) is 9.10 Å². The molecule has 0 N–H and O–H groups in total. The molecule has 1 fully saturated rings. The Balaban J connectivity index is 1.64. The fourth-order valence-electron chi connectivity index (χ4n) is 4.28. The standard InChI is InChI=1S/C22H25FN2O3S/c1-16-14-18-15-17(22(26)24-12-4-2-3-5-13-24)6-11-21(18)25(16)29(27,28)20-9-7-19(23)8-10-20/h6-11,15-16H,2-5,12-14H2,1H3/t16-/m1/s1. The average molecular weight is 417 g/mol. The number of halogens is 1. The summed E-state index contributed by atoms with van der Waals surface area (Å²) in [4.78, 5) is 14.9. The van der Waals surface area contributed by atoms with Crippen LogP contribution in [0.25, 0.3) is 0 Å². The number of anilines is 1. The Morgan fingerprint density at radius 1 is 1.00 bits per heavy atom. The monoisotopic (exact) mass is 416 g/mol. The maximum Gasteiger partial charge on any atom is 0.264 e. The van der Waals surface area contributed by atoms with Crippen molar-refractivity contribution in [2.75, 3.05) is 17.4 Å². The second-order valence-electron chi connectivity index (χ2n) is 7.86. The van der Waals surface area contributed by atoms with E-state index in [2.05, 4.69) is 0 Å². The Bertz CT molecular complexity index is 1010. The summed E-state index contributed by atoms with van der Waals surface area (Å²) in [5.41, 5.74) is 2.05. The molecule has 2 aromatic rings. The van der Waals surface area contributed by atoms with E-state index in [-0.39, 0.29) is 16.8 Å². The molecule has 0 saturated carbocycles. The number of fused-ring (bicyclic) bond motifs is 1. The predicted octanol–water partition coefficient (Wildman–Crippen LogP) is 3.98. The van der Waals surface area contributed by atoms with Crippen LogP contribution in [0.4, 0.5) is 10.1 Å². The van der Waals surface area contributed by atoms with Crippen LogP contribution < -0.4 is 4.31 Å². The highest BCUT2D eigenvalue weighted by Crippen LogP contribution is 2.37. The molecular weight excluding hydrogens is 391 g/mol. The average Bonchev–Trinajstić information content (AvgIpc) is 2.86. The lowest BCUT2D eigenvalue weighted by molar-refractivity contribution is 0.0761. The highest BCUT2D eigenvalue weighted by molar-refractivity contribution is 7.92. The van der Waals surface area contributed by atoms with E-state index < -0.39 is 15.8 Å². The maximum absolute atomic E-state index is 13.2. The molecule has 0 radical (unpaired) electrons. The van der Waals surface area contributed by atoms with E-state index in [4.69, 9.17) is 0 Å². The summed E-state index contributed by atoms with van der Waals surface area (Å²) in [6.07, 6.45) is 4.90. The van der Waals surface area contributed by atoms with Crippen LogP contribution in [0.1, 0.15) is 48.5 Å². The van der Waals surface area contributed by atoms with E-state index in [1.165, 1.54) is 16.4 Å². The third-order valence-corrected chi connectivity index (χ3v) is 7.69. The molecule has 2 heterocycles. The van der Waals surface area contributed by atoms with Crippen molar-refractivity contribution < 1.29 is 17.6 Å². The Kier molecular flexibility index (Phi) is 5.34. The van der Waals surface area contributed by atoms with Gasteiger partial charge in [0.15, 0.2) is 0 Å². The minimum Gasteiger partial charge on any atom is -0.339 e. The molecule has 0 bridgehead atoms. The summed E-state index contributed by atoms with van der Waals surface area (Å²) in [7, 11) is -3.81. The number of likely N-dealkylation sites (tertiary alicyclic amines) is 1. The molecule has 1 atom stereocenters. The van der Waals surface area contributed by atoms with Gasteiger partial charge in [0.25, 0.3) is 15.9 Å². The Hall–Kier alpha value is -2.41. The van der Waals surface area contributed by atoms with E-state index in [1.807, 2.05) is 17.9 Å². The number of carbonyl (C=O) groups is 1. The van der Waals surface area contributed by atoms with E-state index in [9.17, 15) is 17.6 Å². The zero-order chi connectivity index (χ0) is 20.6. The molecule has 29 heavy (non-hydrogen) atoms. The van der Waals surface area contributed by atoms with Gasteiger partial charge in [-0.05, 0) is 74.2 Å². The number of amides is 1. The summed E-state index contributed by atoms with van der Waals surface area (Å²) in [6, 6.07) is 9.87. The second-order valence-corrected chi connectivity index (χ2v) is 9.67. The van der Waals surface area contributed by atoms with Gasteiger partial charge in [0.2, 0.25) is 0 Å². The van der Waals surface area contributed by atoms with E-state index >= 15 is 0 Å². The minimum atomic E-state index is -3.81. The first-order chi connectivity index (χ1) is 13.9. The molecule has 0 aromatic heterocycles. The lowest BCUT2D eigenvalue weighted by Crippen LogP contribution is -2.35. The van der Waals surface area contributed by atoms with Crippen LogP contribution in [0.3, 0.4) is 0 Å². The van der Waals surface area contributed by atoms with Gasteiger partial charge in [-0.1, -0.05) is 12.8 Å². The Labute approximate surface area is 171 Å². The van der Waals surface area contributed by atoms with E-state index in [1.54, 1.807) is 12.1 Å². The number of nitrogens with zero attached hydrogens (tertiary/aromatic N) is 2. The molecule has 0 spiro atoms. The van der Waals surface area contributed by atoms with Crippen molar-refractivity contribution in [2.24, 2.45) is 0 Å². The predicted molar refractivity (Wildman–Crippen MR) is 110 cm³/mol. The number of hydrogen-bond donors (Lipinski definition) is 0.